The van der Waals surface area contributed by atoms with Crippen LogP contribution < -0.4 is 0 Å². The Labute approximate surface area is 123 Å². The fourth-order valence-corrected chi connectivity index (χ4v) is 3.87. The lowest BCUT2D eigenvalue weighted by Crippen LogP contribution is -2.55. The molecule has 1 amide bonds. The first-order valence-corrected chi connectivity index (χ1v) is 7.40. The summed E-state index contributed by atoms with van der Waals surface area (Å²) in [4.78, 5) is 21.5. The summed E-state index contributed by atoms with van der Waals surface area (Å²) in [6, 6.07) is 5.58. The van der Waals surface area contributed by atoms with Crippen molar-refractivity contribution in [2.24, 2.45) is 5.41 Å². The molecule has 2 fully saturated rings. The number of carbonyl (C=O) groups excluding carboxylic acids is 1. The second kappa shape index (κ2) is 4.31. The number of carbonyl (C=O) groups is 1. The zero-order valence-electron chi connectivity index (χ0n) is 12.4. The van der Waals surface area contributed by atoms with Crippen molar-refractivity contribution >= 4 is 17.0 Å². The monoisotopic (exact) mass is 285 g/mol. The SMILES string of the molecule is Cc1nc2c(C(=O)N3CCC4(CN(C)C4)C3)cccc2o1. The van der Waals surface area contributed by atoms with Crippen LogP contribution in [0.5, 0.6) is 0 Å². The van der Waals surface area contributed by atoms with Crippen LogP contribution in [0.3, 0.4) is 0 Å². The van der Waals surface area contributed by atoms with E-state index in [0.717, 1.165) is 32.6 Å². The Morgan fingerprint density at radius 3 is 2.90 bits per heavy atom. The first-order valence-electron chi connectivity index (χ1n) is 7.40. The van der Waals surface area contributed by atoms with Gasteiger partial charge in [-0.05, 0) is 25.6 Å². The molecule has 0 bridgehead atoms. The minimum atomic E-state index is 0.0836. The van der Waals surface area contributed by atoms with Crippen LogP contribution in [0.15, 0.2) is 22.6 Å². The molecule has 2 aromatic rings. The summed E-state index contributed by atoms with van der Waals surface area (Å²) in [6.45, 7) is 5.72. The molecule has 110 valence electrons. The average Bonchev–Trinajstić information content (AvgIpc) is 3.00. The van der Waals surface area contributed by atoms with Gasteiger partial charge >= 0.3 is 0 Å². The molecule has 0 saturated carbocycles. The Morgan fingerprint density at radius 2 is 2.14 bits per heavy atom. The number of benzene rings is 1. The van der Waals surface area contributed by atoms with E-state index in [1.54, 1.807) is 0 Å². The first-order chi connectivity index (χ1) is 10.1. The molecule has 1 aromatic heterocycles. The molecule has 5 heteroatoms. The van der Waals surface area contributed by atoms with E-state index in [4.69, 9.17) is 4.42 Å². The Morgan fingerprint density at radius 1 is 1.33 bits per heavy atom. The molecule has 2 aliphatic heterocycles. The van der Waals surface area contributed by atoms with Gasteiger partial charge in [0.25, 0.3) is 5.91 Å². The molecule has 2 aliphatic rings. The number of aryl methyl sites for hydroxylation is 1. The average molecular weight is 285 g/mol. The maximum Gasteiger partial charge on any atom is 0.256 e. The van der Waals surface area contributed by atoms with Gasteiger partial charge < -0.3 is 14.2 Å². The topological polar surface area (TPSA) is 49.6 Å². The van der Waals surface area contributed by atoms with Gasteiger partial charge in [0.1, 0.15) is 5.52 Å². The molecular formula is C16H19N3O2. The zero-order valence-corrected chi connectivity index (χ0v) is 12.4. The molecule has 0 unspecified atom stereocenters. The van der Waals surface area contributed by atoms with Crippen molar-refractivity contribution in [1.29, 1.82) is 0 Å². The van der Waals surface area contributed by atoms with Gasteiger partial charge in [0, 0.05) is 38.5 Å². The Balaban J connectivity index is 1.62. The second-order valence-corrected chi connectivity index (χ2v) is 6.53. The molecule has 0 radical (unpaired) electrons. The predicted octanol–water partition coefficient (Wildman–Crippen LogP) is 1.91. The van der Waals surface area contributed by atoms with Crippen molar-refractivity contribution < 1.29 is 9.21 Å². The molecule has 4 rings (SSSR count). The molecule has 21 heavy (non-hydrogen) atoms. The lowest BCUT2D eigenvalue weighted by atomic mass is 9.79. The van der Waals surface area contributed by atoms with E-state index in [2.05, 4.69) is 16.9 Å². The quantitative estimate of drug-likeness (QED) is 0.803. The predicted molar refractivity (Wildman–Crippen MR) is 79.2 cm³/mol. The summed E-state index contributed by atoms with van der Waals surface area (Å²) in [5.74, 6) is 0.684. The molecule has 0 N–H and O–H groups in total. The summed E-state index contributed by atoms with van der Waals surface area (Å²) in [6.07, 6.45) is 1.11. The number of oxazole rings is 1. The van der Waals surface area contributed by atoms with Gasteiger partial charge in [0.05, 0.1) is 5.56 Å². The van der Waals surface area contributed by atoms with Crippen LogP contribution in [-0.4, -0.2) is 53.9 Å². The molecule has 0 aliphatic carbocycles. The summed E-state index contributed by atoms with van der Waals surface area (Å²) in [5, 5.41) is 0. The van der Waals surface area contributed by atoms with Gasteiger partial charge in [0.2, 0.25) is 0 Å². The number of hydrogen-bond donors (Lipinski definition) is 0. The third-order valence-electron chi connectivity index (χ3n) is 4.69. The molecule has 1 aromatic carbocycles. The zero-order chi connectivity index (χ0) is 14.6. The summed E-state index contributed by atoms with van der Waals surface area (Å²) in [5.41, 5.74) is 2.37. The van der Waals surface area contributed by atoms with Gasteiger partial charge in [-0.1, -0.05) is 6.07 Å². The van der Waals surface area contributed by atoms with Gasteiger partial charge in [0.15, 0.2) is 11.5 Å². The van der Waals surface area contributed by atoms with E-state index >= 15 is 0 Å². The van der Waals surface area contributed by atoms with E-state index in [0.29, 0.717) is 28.0 Å². The van der Waals surface area contributed by atoms with Gasteiger partial charge in [-0.3, -0.25) is 4.79 Å². The largest absolute Gasteiger partial charge is 0.441 e. The van der Waals surface area contributed by atoms with Crippen LogP contribution in [0.1, 0.15) is 22.7 Å². The smallest absolute Gasteiger partial charge is 0.256 e. The van der Waals surface area contributed by atoms with Gasteiger partial charge in [-0.2, -0.15) is 0 Å². The normalized spacial score (nSPS) is 21.1. The number of likely N-dealkylation sites (tertiary alicyclic amines) is 2. The van der Waals surface area contributed by atoms with Crippen molar-refractivity contribution in [1.82, 2.24) is 14.8 Å². The molecule has 2 saturated heterocycles. The molecule has 3 heterocycles. The van der Waals surface area contributed by atoms with Crippen LogP contribution in [-0.2, 0) is 0 Å². The number of amides is 1. The Hall–Kier alpha value is -1.88. The van der Waals surface area contributed by atoms with Crippen molar-refractivity contribution in [2.75, 3.05) is 33.2 Å². The third-order valence-corrected chi connectivity index (χ3v) is 4.69. The number of rotatable bonds is 1. The van der Waals surface area contributed by atoms with E-state index in [9.17, 15) is 4.79 Å². The lowest BCUT2D eigenvalue weighted by molar-refractivity contribution is 0.0294. The number of fused-ring (bicyclic) bond motifs is 1. The van der Waals surface area contributed by atoms with Crippen molar-refractivity contribution in [3.05, 3.63) is 29.7 Å². The fraction of sp³-hybridized carbons (Fsp3) is 0.500. The van der Waals surface area contributed by atoms with E-state index in [-0.39, 0.29) is 5.91 Å². The Kier molecular flexibility index (Phi) is 2.63. The van der Waals surface area contributed by atoms with Crippen LogP contribution >= 0.6 is 0 Å². The highest BCUT2D eigenvalue weighted by Gasteiger charge is 2.47. The van der Waals surface area contributed by atoms with E-state index in [1.807, 2.05) is 30.0 Å². The van der Waals surface area contributed by atoms with Gasteiger partial charge in [-0.25, -0.2) is 4.98 Å². The molecule has 1 spiro atoms. The number of hydrogen-bond acceptors (Lipinski definition) is 4. The lowest BCUT2D eigenvalue weighted by Gasteiger charge is -2.46. The van der Waals surface area contributed by atoms with Crippen LogP contribution in [0, 0.1) is 12.3 Å². The summed E-state index contributed by atoms with van der Waals surface area (Å²) >= 11 is 0. The summed E-state index contributed by atoms with van der Waals surface area (Å²) < 4.78 is 5.52. The van der Waals surface area contributed by atoms with Gasteiger partial charge in [-0.15, -0.1) is 0 Å². The highest BCUT2D eigenvalue weighted by molar-refractivity contribution is 6.04. The Bertz CT molecular complexity index is 715. The van der Waals surface area contributed by atoms with Crippen molar-refractivity contribution in [3.63, 3.8) is 0 Å². The third kappa shape index (κ3) is 1.95. The molecule has 0 atom stereocenters. The minimum Gasteiger partial charge on any atom is -0.441 e. The second-order valence-electron chi connectivity index (χ2n) is 6.53. The van der Waals surface area contributed by atoms with E-state index < -0.39 is 0 Å². The molecular weight excluding hydrogens is 266 g/mol. The highest BCUT2D eigenvalue weighted by Crippen LogP contribution is 2.39. The summed E-state index contributed by atoms with van der Waals surface area (Å²) in [7, 11) is 2.13. The maximum atomic E-state index is 12.8. The number of aromatic nitrogens is 1. The fourth-order valence-electron chi connectivity index (χ4n) is 3.87. The van der Waals surface area contributed by atoms with Crippen LogP contribution in [0.4, 0.5) is 0 Å². The highest BCUT2D eigenvalue weighted by atomic mass is 16.3. The standard InChI is InChI=1S/C16H19N3O2/c1-11-17-14-12(4-3-5-13(14)21-11)15(20)19-7-6-16(10-19)8-18(2)9-16/h3-5H,6-10H2,1-2H3. The van der Waals surface area contributed by atoms with Crippen LogP contribution in [0.2, 0.25) is 0 Å². The molecule has 5 nitrogen and oxygen atoms in total. The first kappa shape index (κ1) is 12.8. The maximum absolute atomic E-state index is 12.8. The van der Waals surface area contributed by atoms with Crippen molar-refractivity contribution in [2.45, 2.75) is 13.3 Å². The minimum absolute atomic E-state index is 0.0836. The van der Waals surface area contributed by atoms with E-state index in [1.165, 1.54) is 0 Å². The van der Waals surface area contributed by atoms with Crippen molar-refractivity contribution in [3.8, 4) is 0 Å². The number of nitrogens with zero attached hydrogens (tertiary/aromatic N) is 3. The number of para-hydroxylation sites is 1. The van der Waals surface area contributed by atoms with Crippen LogP contribution in [0.25, 0.3) is 11.1 Å².